The van der Waals surface area contributed by atoms with Gasteiger partial charge in [-0.15, -0.1) is 0 Å². The first kappa shape index (κ1) is 15.0. The summed E-state index contributed by atoms with van der Waals surface area (Å²) in [4.78, 5) is 9.44. The van der Waals surface area contributed by atoms with E-state index in [0.29, 0.717) is 18.2 Å². The Hall–Kier alpha value is -2.37. The summed E-state index contributed by atoms with van der Waals surface area (Å²) in [5.41, 5.74) is 6.95. The molecule has 21 heavy (non-hydrogen) atoms. The quantitative estimate of drug-likeness (QED) is 0.480. The Balaban J connectivity index is 1.86. The molecule has 6 heteroatoms. The van der Waals surface area contributed by atoms with Gasteiger partial charge in [-0.05, 0) is 11.5 Å². The third-order valence-corrected chi connectivity index (χ3v) is 2.84. The van der Waals surface area contributed by atoms with E-state index >= 15 is 0 Å². The van der Waals surface area contributed by atoms with E-state index in [1.165, 1.54) is 6.33 Å². The monoisotopic (exact) mass is 287 g/mol. The molecule has 0 saturated heterocycles. The van der Waals surface area contributed by atoms with E-state index < -0.39 is 0 Å². The first-order valence-corrected chi connectivity index (χ1v) is 7.00. The van der Waals surface area contributed by atoms with Crippen LogP contribution in [0.4, 0.5) is 0 Å². The molecule has 0 bridgehead atoms. The van der Waals surface area contributed by atoms with Crippen molar-refractivity contribution in [3.63, 3.8) is 0 Å². The molecule has 1 aromatic carbocycles. The van der Waals surface area contributed by atoms with Crippen molar-refractivity contribution in [3.05, 3.63) is 48.0 Å². The number of nitrogens with zero attached hydrogens (tertiary/aromatic N) is 4. The van der Waals surface area contributed by atoms with Gasteiger partial charge < -0.3 is 10.6 Å². The summed E-state index contributed by atoms with van der Waals surface area (Å²) in [6, 6.07) is 9.91. The maximum atomic E-state index is 5.85. The standard InChI is InChI=1S/C15H21N5O/c1-12(2)9-20-15(17-11-18-20)10-21-19-14(16)8-13-6-4-3-5-7-13/h3-7,11-12H,8-10H2,1-2H3,(H2,16,19). The second kappa shape index (κ2) is 7.42. The number of nitrogens with two attached hydrogens (primary N) is 1. The van der Waals surface area contributed by atoms with E-state index in [2.05, 4.69) is 29.1 Å². The second-order valence-electron chi connectivity index (χ2n) is 5.27. The van der Waals surface area contributed by atoms with Gasteiger partial charge in [0.25, 0.3) is 0 Å². The van der Waals surface area contributed by atoms with Crippen molar-refractivity contribution in [3.8, 4) is 0 Å². The fourth-order valence-corrected chi connectivity index (χ4v) is 1.91. The van der Waals surface area contributed by atoms with Crippen LogP contribution >= 0.6 is 0 Å². The van der Waals surface area contributed by atoms with Crippen LogP contribution < -0.4 is 5.73 Å². The second-order valence-corrected chi connectivity index (χ2v) is 5.27. The molecule has 1 aromatic heterocycles. The van der Waals surface area contributed by atoms with Gasteiger partial charge in [0.2, 0.25) is 0 Å². The van der Waals surface area contributed by atoms with Crippen LogP contribution in [0.1, 0.15) is 25.2 Å². The molecule has 0 aliphatic carbocycles. The van der Waals surface area contributed by atoms with Gasteiger partial charge in [0.1, 0.15) is 12.2 Å². The molecule has 1 heterocycles. The smallest absolute Gasteiger partial charge is 0.176 e. The molecule has 0 radical (unpaired) electrons. The van der Waals surface area contributed by atoms with Gasteiger partial charge in [0.05, 0.1) is 0 Å². The number of aromatic nitrogens is 3. The van der Waals surface area contributed by atoms with Gasteiger partial charge in [-0.2, -0.15) is 5.10 Å². The third kappa shape index (κ3) is 4.91. The summed E-state index contributed by atoms with van der Waals surface area (Å²) < 4.78 is 1.83. The van der Waals surface area contributed by atoms with Crippen molar-refractivity contribution in [2.75, 3.05) is 0 Å². The first-order valence-electron chi connectivity index (χ1n) is 7.00. The summed E-state index contributed by atoms with van der Waals surface area (Å²) in [6.45, 7) is 5.33. The zero-order valence-electron chi connectivity index (χ0n) is 12.4. The average molecular weight is 287 g/mol. The van der Waals surface area contributed by atoms with Crippen LogP contribution in [0.25, 0.3) is 0 Å². The van der Waals surface area contributed by atoms with Gasteiger partial charge in [-0.25, -0.2) is 9.67 Å². The van der Waals surface area contributed by atoms with Crippen molar-refractivity contribution in [1.29, 1.82) is 0 Å². The minimum Gasteiger partial charge on any atom is -0.386 e. The highest BCUT2D eigenvalue weighted by Gasteiger charge is 2.06. The van der Waals surface area contributed by atoms with Crippen LogP contribution in [0.2, 0.25) is 0 Å². The lowest BCUT2D eigenvalue weighted by molar-refractivity contribution is 0.119. The molecule has 2 aromatic rings. The predicted octanol–water partition coefficient (Wildman–Crippen LogP) is 1.97. The molecule has 112 valence electrons. The normalized spacial score (nSPS) is 11.9. The molecule has 6 nitrogen and oxygen atoms in total. The van der Waals surface area contributed by atoms with Crippen LogP contribution in [0.5, 0.6) is 0 Å². The molecular weight excluding hydrogens is 266 g/mol. The van der Waals surface area contributed by atoms with Crippen LogP contribution in [0, 0.1) is 5.92 Å². The van der Waals surface area contributed by atoms with Gasteiger partial charge in [0.15, 0.2) is 12.4 Å². The molecule has 0 aliphatic rings. The Morgan fingerprint density at radius 2 is 2.10 bits per heavy atom. The largest absolute Gasteiger partial charge is 0.386 e. The molecule has 0 atom stereocenters. The molecular formula is C15H21N5O. The molecule has 0 aliphatic heterocycles. The SMILES string of the molecule is CC(C)Cn1ncnc1CON=C(N)Cc1ccccc1. The van der Waals surface area contributed by atoms with Crippen molar-refractivity contribution >= 4 is 5.84 Å². The highest BCUT2D eigenvalue weighted by Crippen LogP contribution is 2.03. The lowest BCUT2D eigenvalue weighted by atomic mass is 10.1. The maximum Gasteiger partial charge on any atom is 0.176 e. The lowest BCUT2D eigenvalue weighted by Gasteiger charge is -2.07. The van der Waals surface area contributed by atoms with E-state index in [4.69, 9.17) is 10.6 Å². The van der Waals surface area contributed by atoms with Crippen molar-refractivity contribution in [2.45, 2.75) is 33.4 Å². The zero-order valence-corrected chi connectivity index (χ0v) is 12.4. The van der Waals surface area contributed by atoms with Crippen LogP contribution in [0.3, 0.4) is 0 Å². The van der Waals surface area contributed by atoms with E-state index in [1.54, 1.807) is 0 Å². The summed E-state index contributed by atoms with van der Waals surface area (Å²) in [7, 11) is 0. The number of benzene rings is 1. The van der Waals surface area contributed by atoms with Crippen molar-refractivity contribution < 1.29 is 4.84 Å². The Morgan fingerprint density at radius 3 is 2.81 bits per heavy atom. The number of hydrogen-bond donors (Lipinski definition) is 1. The van der Waals surface area contributed by atoms with Gasteiger partial charge in [-0.1, -0.05) is 49.3 Å². The van der Waals surface area contributed by atoms with Crippen LogP contribution in [-0.2, 0) is 24.4 Å². The minimum atomic E-state index is 0.266. The molecule has 0 amide bonds. The summed E-state index contributed by atoms with van der Waals surface area (Å²) >= 11 is 0. The highest BCUT2D eigenvalue weighted by atomic mass is 16.6. The molecule has 2 rings (SSSR count). The molecule has 0 saturated carbocycles. The van der Waals surface area contributed by atoms with E-state index in [-0.39, 0.29) is 6.61 Å². The van der Waals surface area contributed by atoms with Gasteiger partial charge >= 0.3 is 0 Å². The summed E-state index contributed by atoms with van der Waals surface area (Å²) in [6.07, 6.45) is 2.09. The number of hydrogen-bond acceptors (Lipinski definition) is 4. The van der Waals surface area contributed by atoms with E-state index in [0.717, 1.165) is 17.9 Å². The molecule has 2 N–H and O–H groups in total. The average Bonchev–Trinajstić information content (AvgIpc) is 2.86. The predicted molar refractivity (Wildman–Crippen MR) is 81.4 cm³/mol. The number of oxime groups is 1. The van der Waals surface area contributed by atoms with Crippen LogP contribution in [-0.4, -0.2) is 20.6 Å². The topological polar surface area (TPSA) is 78.3 Å². The Morgan fingerprint density at radius 1 is 1.33 bits per heavy atom. The molecule has 0 unspecified atom stereocenters. The minimum absolute atomic E-state index is 0.266. The Kier molecular flexibility index (Phi) is 5.31. The fraction of sp³-hybridized carbons (Fsp3) is 0.400. The Bertz CT molecular complexity index is 577. The molecule has 0 fully saturated rings. The third-order valence-electron chi connectivity index (χ3n) is 2.84. The van der Waals surface area contributed by atoms with Gasteiger partial charge in [0, 0.05) is 13.0 Å². The Labute approximate surface area is 124 Å². The van der Waals surface area contributed by atoms with E-state index in [9.17, 15) is 0 Å². The summed E-state index contributed by atoms with van der Waals surface area (Å²) in [5.74, 6) is 1.69. The fourth-order valence-electron chi connectivity index (χ4n) is 1.91. The number of rotatable bonds is 7. The summed E-state index contributed by atoms with van der Waals surface area (Å²) in [5, 5.41) is 8.10. The number of amidine groups is 1. The molecule has 0 spiro atoms. The van der Waals surface area contributed by atoms with Crippen molar-refractivity contribution in [2.24, 2.45) is 16.8 Å². The van der Waals surface area contributed by atoms with Crippen LogP contribution in [0.15, 0.2) is 41.8 Å². The van der Waals surface area contributed by atoms with E-state index in [1.807, 2.05) is 35.0 Å². The van der Waals surface area contributed by atoms with Crippen molar-refractivity contribution in [1.82, 2.24) is 14.8 Å². The lowest BCUT2D eigenvalue weighted by Crippen LogP contribution is -2.16. The highest BCUT2D eigenvalue weighted by molar-refractivity contribution is 5.82. The maximum absolute atomic E-state index is 5.85. The zero-order chi connectivity index (χ0) is 15.1. The first-order chi connectivity index (χ1) is 10.1. The van der Waals surface area contributed by atoms with Gasteiger partial charge in [-0.3, -0.25) is 0 Å².